The van der Waals surface area contributed by atoms with Crippen LogP contribution in [-0.2, 0) is 16.0 Å². The number of para-hydroxylation sites is 1. The fourth-order valence-corrected chi connectivity index (χ4v) is 6.98. The number of aromatic nitrogens is 2. The predicted octanol–water partition coefficient (Wildman–Crippen LogP) is 8.96. The lowest BCUT2D eigenvalue weighted by atomic mass is 9.96. The Labute approximate surface area is 239 Å². The van der Waals surface area contributed by atoms with Crippen molar-refractivity contribution in [2.24, 2.45) is 0 Å². The molecule has 2 aromatic heterocycles. The van der Waals surface area contributed by atoms with Crippen molar-refractivity contribution >= 4 is 51.3 Å². The molecule has 1 atom stereocenters. The first-order chi connectivity index (χ1) is 18.7. The largest absolute Gasteiger partial charge is 0.465 e. The summed E-state index contributed by atoms with van der Waals surface area (Å²) in [7, 11) is 0. The summed E-state index contributed by atoms with van der Waals surface area (Å²) in [6.07, 6.45) is 0.575. The van der Waals surface area contributed by atoms with Crippen LogP contribution in [0.2, 0.25) is 0 Å². The molecule has 2 heterocycles. The molecule has 6 heteroatoms. The number of H-pyrrole nitrogens is 1. The summed E-state index contributed by atoms with van der Waals surface area (Å²) >= 11 is 3.48. The van der Waals surface area contributed by atoms with E-state index in [9.17, 15) is 4.79 Å². The number of pyridine rings is 1. The van der Waals surface area contributed by atoms with E-state index in [2.05, 4.69) is 75.1 Å². The lowest BCUT2D eigenvalue weighted by Gasteiger charge is -2.22. The van der Waals surface area contributed by atoms with Gasteiger partial charge in [-0.15, -0.1) is 11.8 Å². The van der Waals surface area contributed by atoms with Crippen LogP contribution in [-0.4, -0.2) is 27.3 Å². The molecule has 0 aliphatic carbocycles. The van der Waals surface area contributed by atoms with E-state index in [0.29, 0.717) is 13.0 Å². The summed E-state index contributed by atoms with van der Waals surface area (Å²) in [6, 6.07) is 26.9. The van der Waals surface area contributed by atoms with E-state index in [4.69, 9.17) is 9.72 Å². The molecular formula is C33H34N2O2S2. The van der Waals surface area contributed by atoms with Gasteiger partial charge in [0.1, 0.15) is 10.9 Å². The van der Waals surface area contributed by atoms with Crippen LogP contribution in [0.5, 0.6) is 0 Å². The fraction of sp³-hybridized carbons (Fsp3) is 0.273. The number of benzene rings is 3. The van der Waals surface area contributed by atoms with E-state index in [1.165, 1.54) is 5.56 Å². The SMILES string of the molecule is CCOC(=O)C(Cc1ccccc1)c1[nH]c2ccc(Sc3ccc4ccccc4n3)c(C)c2c1SC(C)(C)C. The Hall–Kier alpha value is -3.22. The summed E-state index contributed by atoms with van der Waals surface area (Å²) in [5.74, 6) is -0.626. The highest BCUT2D eigenvalue weighted by molar-refractivity contribution is 8.01. The smallest absolute Gasteiger partial charge is 0.315 e. The third-order valence-electron chi connectivity index (χ3n) is 6.55. The first kappa shape index (κ1) is 27.4. The molecule has 1 unspecified atom stereocenters. The van der Waals surface area contributed by atoms with Gasteiger partial charge in [-0.05, 0) is 55.7 Å². The van der Waals surface area contributed by atoms with Crippen molar-refractivity contribution in [3.05, 3.63) is 95.7 Å². The summed E-state index contributed by atoms with van der Waals surface area (Å²) in [5, 5.41) is 3.26. The Kier molecular flexibility index (Phi) is 8.06. The number of carbonyl (C=O) groups is 1. The van der Waals surface area contributed by atoms with Gasteiger partial charge in [-0.1, -0.05) is 87.1 Å². The van der Waals surface area contributed by atoms with Gasteiger partial charge in [0.05, 0.1) is 12.1 Å². The number of thioether (sulfide) groups is 1. The van der Waals surface area contributed by atoms with Crippen LogP contribution in [0.25, 0.3) is 21.8 Å². The number of aryl methyl sites for hydroxylation is 1. The molecule has 5 rings (SSSR count). The van der Waals surface area contributed by atoms with E-state index < -0.39 is 5.92 Å². The molecular weight excluding hydrogens is 521 g/mol. The van der Waals surface area contributed by atoms with Gasteiger partial charge in [0, 0.05) is 36.5 Å². The maximum Gasteiger partial charge on any atom is 0.315 e. The first-order valence-corrected chi connectivity index (χ1v) is 14.9. The highest BCUT2D eigenvalue weighted by Crippen LogP contribution is 2.46. The lowest BCUT2D eigenvalue weighted by molar-refractivity contribution is -0.145. The Balaban J connectivity index is 1.62. The second-order valence-corrected chi connectivity index (χ2v) is 13.5. The van der Waals surface area contributed by atoms with Gasteiger partial charge in [-0.2, -0.15) is 0 Å². The lowest BCUT2D eigenvalue weighted by Crippen LogP contribution is -2.20. The highest BCUT2D eigenvalue weighted by Gasteiger charge is 2.31. The third-order valence-corrected chi connectivity index (χ3v) is 8.89. The van der Waals surface area contributed by atoms with E-state index in [1.807, 2.05) is 43.3 Å². The normalized spacial score (nSPS) is 12.6. The van der Waals surface area contributed by atoms with Crippen molar-refractivity contribution in [3.8, 4) is 0 Å². The number of nitrogens with one attached hydrogen (secondary N) is 1. The molecule has 1 N–H and O–H groups in total. The molecule has 0 amide bonds. The van der Waals surface area contributed by atoms with Crippen LogP contribution >= 0.6 is 23.5 Å². The monoisotopic (exact) mass is 554 g/mol. The molecule has 0 saturated heterocycles. The van der Waals surface area contributed by atoms with E-state index in [-0.39, 0.29) is 10.7 Å². The van der Waals surface area contributed by atoms with Crippen LogP contribution in [0.1, 0.15) is 50.4 Å². The molecule has 3 aromatic carbocycles. The van der Waals surface area contributed by atoms with Crippen molar-refractivity contribution in [2.45, 2.75) is 66.5 Å². The summed E-state index contributed by atoms with van der Waals surface area (Å²) < 4.78 is 5.55. The number of ether oxygens (including phenoxy) is 1. The van der Waals surface area contributed by atoms with Crippen LogP contribution in [0.15, 0.2) is 93.7 Å². The highest BCUT2D eigenvalue weighted by atomic mass is 32.2. The second kappa shape index (κ2) is 11.5. The zero-order valence-corrected chi connectivity index (χ0v) is 24.7. The maximum atomic E-state index is 13.4. The van der Waals surface area contributed by atoms with E-state index in [0.717, 1.165) is 47.9 Å². The number of fused-ring (bicyclic) bond motifs is 2. The Morgan fingerprint density at radius 3 is 2.46 bits per heavy atom. The van der Waals surface area contributed by atoms with Gasteiger partial charge in [-0.3, -0.25) is 4.79 Å². The number of rotatable bonds is 8. The second-order valence-electron chi connectivity index (χ2n) is 10.6. The van der Waals surface area contributed by atoms with Crippen molar-refractivity contribution in [1.29, 1.82) is 0 Å². The Bertz CT molecular complexity index is 1620. The summed E-state index contributed by atoms with van der Waals surface area (Å²) in [6.45, 7) is 11.0. The van der Waals surface area contributed by atoms with Gasteiger partial charge < -0.3 is 9.72 Å². The maximum absolute atomic E-state index is 13.4. The average Bonchev–Trinajstić information content (AvgIpc) is 3.26. The van der Waals surface area contributed by atoms with Gasteiger partial charge in [0.15, 0.2) is 0 Å². The number of carbonyl (C=O) groups excluding carboxylic acids is 1. The van der Waals surface area contributed by atoms with Crippen molar-refractivity contribution in [3.63, 3.8) is 0 Å². The van der Waals surface area contributed by atoms with Crippen molar-refractivity contribution < 1.29 is 9.53 Å². The fourth-order valence-electron chi connectivity index (χ4n) is 4.81. The minimum Gasteiger partial charge on any atom is -0.465 e. The minimum absolute atomic E-state index is 0.0503. The Morgan fingerprint density at radius 1 is 0.974 bits per heavy atom. The molecule has 4 nitrogen and oxygen atoms in total. The first-order valence-electron chi connectivity index (χ1n) is 13.3. The minimum atomic E-state index is -0.428. The Morgan fingerprint density at radius 2 is 1.72 bits per heavy atom. The molecule has 5 aromatic rings. The van der Waals surface area contributed by atoms with E-state index in [1.54, 1.807) is 23.5 Å². The van der Waals surface area contributed by atoms with E-state index >= 15 is 0 Å². The van der Waals surface area contributed by atoms with Gasteiger partial charge in [0.2, 0.25) is 0 Å². The number of nitrogens with zero attached hydrogens (tertiary/aromatic N) is 1. The molecule has 0 saturated carbocycles. The molecule has 39 heavy (non-hydrogen) atoms. The molecule has 200 valence electrons. The van der Waals surface area contributed by atoms with Crippen LogP contribution in [0.3, 0.4) is 0 Å². The molecule has 0 spiro atoms. The molecule has 0 fully saturated rings. The van der Waals surface area contributed by atoms with Gasteiger partial charge >= 0.3 is 5.97 Å². The summed E-state index contributed by atoms with van der Waals surface area (Å²) in [5.41, 5.74) is 5.25. The average molecular weight is 555 g/mol. The van der Waals surface area contributed by atoms with Crippen LogP contribution in [0, 0.1) is 6.92 Å². The third kappa shape index (κ3) is 6.18. The van der Waals surface area contributed by atoms with Crippen molar-refractivity contribution in [1.82, 2.24) is 9.97 Å². The number of esters is 1. The van der Waals surface area contributed by atoms with Crippen molar-refractivity contribution in [2.75, 3.05) is 6.61 Å². The van der Waals surface area contributed by atoms with Gasteiger partial charge in [-0.25, -0.2) is 4.98 Å². The molecule has 0 aliphatic rings. The molecule has 0 radical (unpaired) electrons. The molecule has 0 aliphatic heterocycles. The molecule has 0 bridgehead atoms. The zero-order chi connectivity index (χ0) is 27.6. The zero-order valence-electron chi connectivity index (χ0n) is 23.1. The predicted molar refractivity (Wildman–Crippen MR) is 164 cm³/mol. The number of hydrogen-bond acceptors (Lipinski definition) is 5. The number of aromatic amines is 1. The van der Waals surface area contributed by atoms with Crippen LogP contribution in [0.4, 0.5) is 0 Å². The summed E-state index contributed by atoms with van der Waals surface area (Å²) in [4.78, 5) is 24.2. The van der Waals surface area contributed by atoms with Gasteiger partial charge in [0.25, 0.3) is 0 Å². The topological polar surface area (TPSA) is 55.0 Å². The van der Waals surface area contributed by atoms with Crippen LogP contribution < -0.4 is 0 Å². The standard InChI is InChI=1S/C33H34N2O2S2/c1-6-37-32(36)24(20-22-12-8-7-9-13-22)30-31(39-33(3,4)5)29-21(2)27(18-17-26(29)35-30)38-28-19-16-23-14-10-11-15-25(23)34-28/h7-19,24,35H,6,20H2,1-5H3. The number of hydrogen-bond donors (Lipinski definition) is 1. The quantitative estimate of drug-likeness (QED) is 0.153.